The van der Waals surface area contributed by atoms with E-state index in [1.807, 2.05) is 24.3 Å². The number of hydrogen-bond acceptors (Lipinski definition) is 3. The normalized spacial score (nSPS) is 11.5. The topological polar surface area (TPSA) is 43.6 Å². The fourth-order valence-electron chi connectivity index (χ4n) is 8.35. The summed E-state index contributed by atoms with van der Waals surface area (Å²) < 4.78 is 2.42. The van der Waals surface area contributed by atoms with Gasteiger partial charge in [0.2, 0.25) is 0 Å². The van der Waals surface area contributed by atoms with Crippen LogP contribution in [0.1, 0.15) is 0 Å². The molecule has 0 unspecified atom stereocenters. The van der Waals surface area contributed by atoms with E-state index >= 15 is 0 Å². The van der Waals surface area contributed by atoms with Crippen LogP contribution in [0.15, 0.2) is 206 Å². The number of benzene rings is 9. The Balaban J connectivity index is 1.08. The van der Waals surface area contributed by atoms with Crippen LogP contribution in [-0.2, 0) is 0 Å². The number of aromatic nitrogens is 4. The summed E-state index contributed by atoms with van der Waals surface area (Å²) in [7, 11) is 0. The molecular weight excluding hydrogens is 693 g/mol. The molecule has 0 radical (unpaired) electrons. The monoisotopic (exact) mass is 726 g/mol. The highest BCUT2D eigenvalue weighted by molar-refractivity contribution is 6.28. The summed E-state index contributed by atoms with van der Waals surface area (Å²) in [4.78, 5) is 15.3. The first kappa shape index (κ1) is 32.7. The molecule has 2 heterocycles. The first-order valence-corrected chi connectivity index (χ1v) is 19.3. The summed E-state index contributed by atoms with van der Waals surface area (Å²) in [5, 5.41) is 7.52. The van der Waals surface area contributed by atoms with Gasteiger partial charge in [-0.1, -0.05) is 182 Å². The first-order valence-electron chi connectivity index (χ1n) is 19.3. The van der Waals surface area contributed by atoms with Gasteiger partial charge >= 0.3 is 0 Å². The molecule has 2 aromatic heterocycles. The lowest BCUT2D eigenvalue weighted by molar-refractivity contribution is 1.07. The van der Waals surface area contributed by atoms with Gasteiger partial charge in [-0.05, 0) is 68.1 Å². The van der Waals surface area contributed by atoms with E-state index in [1.54, 1.807) is 0 Å². The van der Waals surface area contributed by atoms with Gasteiger partial charge in [0.1, 0.15) is 0 Å². The van der Waals surface area contributed by atoms with E-state index in [0.717, 1.165) is 39.1 Å². The zero-order valence-electron chi connectivity index (χ0n) is 30.9. The zero-order chi connectivity index (χ0) is 37.7. The Morgan fingerprint density at radius 3 is 1.39 bits per heavy atom. The minimum atomic E-state index is 0.627. The Morgan fingerprint density at radius 2 is 0.754 bits per heavy atom. The summed E-state index contributed by atoms with van der Waals surface area (Å²) in [6.45, 7) is 0. The number of rotatable bonds is 6. The van der Waals surface area contributed by atoms with Crippen molar-refractivity contribution >= 4 is 43.4 Å². The molecule has 0 aliphatic heterocycles. The molecule has 0 bridgehead atoms. The molecule has 266 valence electrons. The number of fused-ring (bicyclic) bond motifs is 7. The lowest BCUT2D eigenvalue weighted by Gasteiger charge is -2.14. The van der Waals surface area contributed by atoms with Gasteiger partial charge in [-0.2, -0.15) is 0 Å². The molecule has 0 saturated heterocycles. The minimum Gasteiger partial charge on any atom is -0.309 e. The summed E-state index contributed by atoms with van der Waals surface area (Å²) in [6.07, 6.45) is 0. The molecule has 4 heteroatoms. The average Bonchev–Trinajstić information content (AvgIpc) is 3.65. The lowest BCUT2D eigenvalue weighted by Crippen LogP contribution is -2.01. The van der Waals surface area contributed by atoms with Gasteiger partial charge in [-0.15, -0.1) is 0 Å². The maximum Gasteiger partial charge on any atom is 0.164 e. The summed E-state index contributed by atoms with van der Waals surface area (Å²) in [5.41, 5.74) is 10.7. The Labute approximate surface area is 330 Å². The predicted octanol–water partition coefficient (Wildman–Crippen LogP) is 13.6. The minimum absolute atomic E-state index is 0.627. The van der Waals surface area contributed by atoms with Gasteiger partial charge in [0.25, 0.3) is 0 Å². The second-order valence-corrected chi connectivity index (χ2v) is 14.4. The standard InChI is InChI=1S/C53H34N4/c1-3-14-35(15-4-1)36-26-28-40(29-27-36)52-54-51(39-18-5-2-6-19-39)55-53(56-52)46-25-12-11-22-43(46)41-20-13-21-42(34-41)57-47-32-30-37-16-7-9-23-44(37)49(47)50-45-24-10-8-17-38(45)31-33-48(50)57/h1-34H. The average molecular weight is 727 g/mol. The third-order valence-corrected chi connectivity index (χ3v) is 11.0. The SMILES string of the molecule is c1ccc(-c2ccc(-c3nc(-c4ccccc4)nc(-c4ccccc4-c4cccc(-n5c6ccc7ccccc7c6c6c7ccccc7ccc65)c4)n3)cc2)cc1. The predicted molar refractivity (Wildman–Crippen MR) is 236 cm³/mol. The van der Waals surface area contributed by atoms with Crippen LogP contribution in [0.5, 0.6) is 0 Å². The van der Waals surface area contributed by atoms with Crippen LogP contribution in [0, 0.1) is 0 Å². The highest BCUT2D eigenvalue weighted by Gasteiger charge is 2.19. The molecule has 0 saturated carbocycles. The van der Waals surface area contributed by atoms with E-state index in [2.05, 4.69) is 187 Å². The van der Waals surface area contributed by atoms with E-state index in [-0.39, 0.29) is 0 Å². The molecule has 4 nitrogen and oxygen atoms in total. The van der Waals surface area contributed by atoms with Gasteiger partial charge < -0.3 is 4.57 Å². The van der Waals surface area contributed by atoms with E-state index in [9.17, 15) is 0 Å². The molecule has 0 atom stereocenters. The summed E-state index contributed by atoms with van der Waals surface area (Å²) >= 11 is 0. The van der Waals surface area contributed by atoms with Gasteiger partial charge in [0.15, 0.2) is 17.5 Å². The first-order chi connectivity index (χ1) is 28.3. The van der Waals surface area contributed by atoms with Crippen molar-refractivity contribution in [2.24, 2.45) is 0 Å². The van der Waals surface area contributed by atoms with Gasteiger partial charge in [-0.3, -0.25) is 0 Å². The smallest absolute Gasteiger partial charge is 0.164 e. The second-order valence-electron chi connectivity index (χ2n) is 14.4. The molecule has 0 N–H and O–H groups in total. The van der Waals surface area contributed by atoms with E-state index in [4.69, 9.17) is 15.0 Å². The van der Waals surface area contributed by atoms with Crippen molar-refractivity contribution in [1.29, 1.82) is 0 Å². The van der Waals surface area contributed by atoms with E-state index in [1.165, 1.54) is 48.9 Å². The summed E-state index contributed by atoms with van der Waals surface area (Å²) in [6, 6.07) is 72.8. The maximum absolute atomic E-state index is 5.17. The van der Waals surface area contributed by atoms with Crippen molar-refractivity contribution in [1.82, 2.24) is 19.5 Å². The molecule has 9 aromatic carbocycles. The van der Waals surface area contributed by atoms with Crippen molar-refractivity contribution in [2.75, 3.05) is 0 Å². The quantitative estimate of drug-likeness (QED) is 0.171. The van der Waals surface area contributed by atoms with Crippen molar-refractivity contribution < 1.29 is 0 Å². The van der Waals surface area contributed by atoms with Crippen LogP contribution in [0.4, 0.5) is 0 Å². The lowest BCUT2D eigenvalue weighted by atomic mass is 9.98. The Kier molecular flexibility index (Phi) is 7.78. The Morgan fingerprint density at radius 1 is 0.298 bits per heavy atom. The fourth-order valence-corrected chi connectivity index (χ4v) is 8.35. The number of nitrogens with zero attached hydrogens (tertiary/aromatic N) is 4. The third kappa shape index (κ3) is 5.66. The van der Waals surface area contributed by atoms with Gasteiger partial charge in [0.05, 0.1) is 11.0 Å². The van der Waals surface area contributed by atoms with Crippen molar-refractivity contribution in [2.45, 2.75) is 0 Å². The molecule has 11 rings (SSSR count). The van der Waals surface area contributed by atoms with Crippen molar-refractivity contribution in [3.63, 3.8) is 0 Å². The van der Waals surface area contributed by atoms with Gasteiger partial charge in [-0.25, -0.2) is 15.0 Å². The van der Waals surface area contributed by atoms with E-state index < -0.39 is 0 Å². The van der Waals surface area contributed by atoms with Crippen LogP contribution >= 0.6 is 0 Å². The molecule has 0 fully saturated rings. The maximum atomic E-state index is 5.17. The molecule has 0 spiro atoms. The Hall–Kier alpha value is -7.69. The molecule has 57 heavy (non-hydrogen) atoms. The van der Waals surface area contributed by atoms with E-state index in [0.29, 0.717) is 17.5 Å². The molecular formula is C53H34N4. The zero-order valence-corrected chi connectivity index (χ0v) is 30.9. The van der Waals surface area contributed by atoms with Crippen LogP contribution in [0.25, 0.3) is 105 Å². The van der Waals surface area contributed by atoms with Crippen LogP contribution < -0.4 is 0 Å². The van der Waals surface area contributed by atoms with Gasteiger partial charge in [0, 0.05) is 33.2 Å². The highest BCUT2D eigenvalue weighted by Crippen LogP contribution is 2.41. The second kappa shape index (κ2) is 13.6. The van der Waals surface area contributed by atoms with Crippen LogP contribution in [0.2, 0.25) is 0 Å². The fraction of sp³-hybridized carbons (Fsp3) is 0. The third-order valence-electron chi connectivity index (χ3n) is 11.0. The van der Waals surface area contributed by atoms with Crippen LogP contribution in [-0.4, -0.2) is 19.5 Å². The largest absolute Gasteiger partial charge is 0.309 e. The number of hydrogen-bond donors (Lipinski definition) is 0. The molecule has 11 aromatic rings. The van der Waals surface area contributed by atoms with Crippen LogP contribution in [0.3, 0.4) is 0 Å². The van der Waals surface area contributed by atoms with Crippen molar-refractivity contribution in [3.8, 4) is 62.1 Å². The highest BCUT2D eigenvalue weighted by atomic mass is 15.0. The van der Waals surface area contributed by atoms with Crippen molar-refractivity contribution in [3.05, 3.63) is 206 Å². The summed E-state index contributed by atoms with van der Waals surface area (Å²) in [5.74, 6) is 1.89. The molecule has 0 aliphatic carbocycles. The molecule has 0 aliphatic rings. The molecule has 0 amide bonds. The Bertz CT molecular complexity index is 3180.